The molecule has 6 heteroatoms. The van der Waals surface area contributed by atoms with Crippen molar-refractivity contribution in [3.63, 3.8) is 0 Å². The molecular weight excluding hydrogens is 378 g/mol. The fourth-order valence-electron chi connectivity index (χ4n) is 4.18. The number of nitriles is 1. The molecule has 2 fully saturated rings. The Labute approximate surface area is 176 Å². The van der Waals surface area contributed by atoms with Crippen LogP contribution < -0.4 is 4.74 Å². The lowest BCUT2D eigenvalue weighted by Crippen LogP contribution is -2.42. The third-order valence-corrected chi connectivity index (χ3v) is 5.75. The maximum Gasteiger partial charge on any atom is 0.237 e. The van der Waals surface area contributed by atoms with Gasteiger partial charge in [-0.3, -0.25) is 14.5 Å². The first-order valence-electron chi connectivity index (χ1n) is 10.4. The van der Waals surface area contributed by atoms with Gasteiger partial charge >= 0.3 is 0 Å². The number of carbonyl (C=O) groups excluding carboxylic acids is 2. The van der Waals surface area contributed by atoms with Crippen molar-refractivity contribution in [2.24, 2.45) is 0 Å². The van der Waals surface area contributed by atoms with Crippen LogP contribution in [0.5, 0.6) is 5.75 Å². The van der Waals surface area contributed by atoms with Crippen molar-refractivity contribution in [3.8, 4) is 11.8 Å². The number of benzene rings is 2. The summed E-state index contributed by atoms with van der Waals surface area (Å²) in [6.07, 6.45) is 2.47. The number of hydrogen-bond donors (Lipinski definition) is 0. The monoisotopic (exact) mass is 403 g/mol. The summed E-state index contributed by atoms with van der Waals surface area (Å²) in [6.45, 7) is 2.44. The second-order valence-corrected chi connectivity index (χ2v) is 7.86. The van der Waals surface area contributed by atoms with Gasteiger partial charge in [0.1, 0.15) is 17.9 Å². The summed E-state index contributed by atoms with van der Waals surface area (Å²) < 4.78 is 6.11. The number of likely N-dealkylation sites (tertiary alicyclic amines) is 2. The zero-order valence-corrected chi connectivity index (χ0v) is 16.9. The highest BCUT2D eigenvalue weighted by molar-refractivity contribution is 6.09. The minimum absolute atomic E-state index is 0.0229. The average molecular weight is 403 g/mol. The molecule has 0 saturated carbocycles. The molecule has 0 bridgehead atoms. The fourth-order valence-corrected chi connectivity index (χ4v) is 4.18. The first-order valence-corrected chi connectivity index (χ1v) is 10.4. The molecule has 2 aliphatic heterocycles. The van der Waals surface area contributed by atoms with Gasteiger partial charge in [0, 0.05) is 30.8 Å². The Bertz CT molecular complexity index is 954. The summed E-state index contributed by atoms with van der Waals surface area (Å²) in [7, 11) is 0. The quantitative estimate of drug-likeness (QED) is 0.694. The highest BCUT2D eigenvalue weighted by Gasteiger charge is 2.32. The maximum atomic E-state index is 12.7. The maximum absolute atomic E-state index is 12.7. The van der Waals surface area contributed by atoms with E-state index in [9.17, 15) is 14.9 Å². The van der Waals surface area contributed by atoms with Crippen molar-refractivity contribution in [2.45, 2.75) is 31.4 Å². The van der Waals surface area contributed by atoms with Crippen molar-refractivity contribution < 1.29 is 14.3 Å². The van der Waals surface area contributed by atoms with Crippen LogP contribution in [-0.2, 0) is 4.79 Å². The largest absolute Gasteiger partial charge is 0.489 e. The van der Waals surface area contributed by atoms with Gasteiger partial charge in [0.15, 0.2) is 5.78 Å². The molecule has 1 amide bonds. The van der Waals surface area contributed by atoms with Crippen LogP contribution in [0, 0.1) is 11.3 Å². The van der Waals surface area contributed by atoms with Crippen molar-refractivity contribution in [3.05, 3.63) is 65.7 Å². The summed E-state index contributed by atoms with van der Waals surface area (Å²) in [4.78, 5) is 29.0. The zero-order valence-electron chi connectivity index (χ0n) is 16.9. The number of nitrogens with zero attached hydrogens (tertiary/aromatic N) is 3. The third kappa shape index (κ3) is 4.52. The van der Waals surface area contributed by atoms with Crippen LogP contribution in [-0.4, -0.2) is 59.8 Å². The average Bonchev–Trinajstić information content (AvgIpc) is 3.43. The van der Waals surface area contributed by atoms with Gasteiger partial charge in [-0.1, -0.05) is 42.5 Å². The SMILES string of the molecule is N#CC1CCCN1C(=O)CN1CC[C@H](Oc2cccc(C(=O)c3ccccc3)c2)C1. The minimum atomic E-state index is -0.281. The normalized spacial score (nSPS) is 21.4. The van der Waals surface area contributed by atoms with Gasteiger partial charge in [0.05, 0.1) is 12.6 Å². The van der Waals surface area contributed by atoms with Gasteiger partial charge in [-0.25, -0.2) is 0 Å². The van der Waals surface area contributed by atoms with Gasteiger partial charge in [0.2, 0.25) is 5.91 Å². The minimum Gasteiger partial charge on any atom is -0.489 e. The van der Waals surface area contributed by atoms with E-state index in [-0.39, 0.29) is 23.8 Å². The molecule has 0 radical (unpaired) electrons. The van der Waals surface area contributed by atoms with Crippen molar-refractivity contribution in [1.29, 1.82) is 5.26 Å². The van der Waals surface area contributed by atoms with Gasteiger partial charge in [-0.15, -0.1) is 0 Å². The molecule has 0 spiro atoms. The van der Waals surface area contributed by atoms with Crippen molar-refractivity contribution in [2.75, 3.05) is 26.2 Å². The van der Waals surface area contributed by atoms with E-state index in [1.54, 1.807) is 29.2 Å². The number of hydrogen-bond acceptors (Lipinski definition) is 5. The van der Waals surface area contributed by atoms with Gasteiger partial charge in [0.25, 0.3) is 0 Å². The van der Waals surface area contributed by atoms with E-state index in [0.717, 1.165) is 25.8 Å². The Balaban J connectivity index is 1.33. The van der Waals surface area contributed by atoms with E-state index >= 15 is 0 Å². The lowest BCUT2D eigenvalue weighted by molar-refractivity contribution is -0.132. The second kappa shape index (κ2) is 9.10. The van der Waals surface area contributed by atoms with Crippen LogP contribution >= 0.6 is 0 Å². The number of carbonyl (C=O) groups is 2. The molecule has 2 aromatic carbocycles. The van der Waals surface area contributed by atoms with Crippen molar-refractivity contribution in [1.82, 2.24) is 9.80 Å². The standard InChI is InChI=1S/C24H25N3O3/c25-15-20-9-5-12-27(20)23(28)17-26-13-11-22(16-26)30-21-10-4-8-19(14-21)24(29)18-6-2-1-3-7-18/h1-4,6-8,10,14,20,22H,5,9,11-13,16-17H2/t20?,22-/m0/s1. The summed E-state index contributed by atoms with van der Waals surface area (Å²) in [5, 5.41) is 9.19. The third-order valence-electron chi connectivity index (χ3n) is 5.75. The molecule has 4 rings (SSSR count). The van der Waals surface area contributed by atoms with E-state index in [2.05, 4.69) is 11.0 Å². The Morgan fingerprint density at radius 1 is 1.03 bits per heavy atom. The summed E-state index contributed by atoms with van der Waals surface area (Å²) >= 11 is 0. The Hall–Kier alpha value is -3.17. The molecule has 0 aliphatic carbocycles. The second-order valence-electron chi connectivity index (χ2n) is 7.86. The summed E-state index contributed by atoms with van der Waals surface area (Å²) in [6, 6.07) is 18.4. The van der Waals surface area contributed by atoms with E-state index < -0.39 is 0 Å². The van der Waals surface area contributed by atoms with Gasteiger partial charge in [-0.05, 0) is 31.4 Å². The number of rotatable bonds is 6. The predicted octanol–water partition coefficient (Wildman–Crippen LogP) is 2.89. The molecule has 0 N–H and O–H groups in total. The molecule has 2 atom stereocenters. The van der Waals surface area contributed by atoms with Gasteiger partial charge < -0.3 is 9.64 Å². The number of ether oxygens (including phenoxy) is 1. The Kier molecular flexibility index (Phi) is 6.10. The highest BCUT2D eigenvalue weighted by atomic mass is 16.5. The molecule has 154 valence electrons. The lowest BCUT2D eigenvalue weighted by atomic mass is 10.0. The predicted molar refractivity (Wildman–Crippen MR) is 112 cm³/mol. The number of ketones is 1. The topological polar surface area (TPSA) is 73.6 Å². The van der Waals surface area contributed by atoms with Crippen LogP contribution in [0.3, 0.4) is 0 Å². The zero-order chi connectivity index (χ0) is 20.9. The summed E-state index contributed by atoms with van der Waals surface area (Å²) in [5.74, 6) is 0.659. The molecule has 0 aromatic heterocycles. The lowest BCUT2D eigenvalue weighted by Gasteiger charge is -2.23. The van der Waals surface area contributed by atoms with Crippen LogP contribution in [0.4, 0.5) is 0 Å². The van der Waals surface area contributed by atoms with Crippen LogP contribution in [0.2, 0.25) is 0 Å². The van der Waals surface area contributed by atoms with E-state index in [1.165, 1.54) is 0 Å². The first kappa shape index (κ1) is 20.1. The van der Waals surface area contributed by atoms with E-state index in [4.69, 9.17) is 4.74 Å². The van der Waals surface area contributed by atoms with Crippen LogP contribution in [0.25, 0.3) is 0 Å². The van der Waals surface area contributed by atoms with Gasteiger partial charge in [-0.2, -0.15) is 5.26 Å². The van der Waals surface area contributed by atoms with E-state index in [0.29, 0.717) is 36.5 Å². The van der Waals surface area contributed by atoms with Crippen LogP contribution in [0.1, 0.15) is 35.2 Å². The van der Waals surface area contributed by atoms with Crippen LogP contribution in [0.15, 0.2) is 54.6 Å². The summed E-state index contributed by atoms with van der Waals surface area (Å²) in [5.41, 5.74) is 1.25. The molecule has 1 unspecified atom stereocenters. The molecular formula is C24H25N3O3. The molecule has 6 nitrogen and oxygen atoms in total. The van der Waals surface area contributed by atoms with Crippen molar-refractivity contribution >= 4 is 11.7 Å². The molecule has 2 heterocycles. The smallest absolute Gasteiger partial charge is 0.237 e. The molecule has 2 saturated heterocycles. The van der Waals surface area contributed by atoms with E-state index in [1.807, 2.05) is 30.3 Å². The Morgan fingerprint density at radius 3 is 2.63 bits per heavy atom. The molecule has 30 heavy (non-hydrogen) atoms. The molecule has 2 aromatic rings. The first-order chi connectivity index (χ1) is 14.6. The fraction of sp³-hybridized carbons (Fsp3) is 0.375. The molecule has 2 aliphatic rings. The highest BCUT2D eigenvalue weighted by Crippen LogP contribution is 2.22. The Morgan fingerprint density at radius 2 is 1.83 bits per heavy atom. The number of amides is 1.